The molecular formula is C30H21N15O3. The smallest absolute Gasteiger partial charge is 0.274 e. The average molecular weight is 640 g/mol. The van der Waals surface area contributed by atoms with E-state index in [9.17, 15) is 14.4 Å². The van der Waals surface area contributed by atoms with Crippen LogP contribution in [-0.2, 0) is 0 Å². The van der Waals surface area contributed by atoms with Gasteiger partial charge in [-0.05, 0) is 0 Å². The summed E-state index contributed by atoms with van der Waals surface area (Å²) in [6, 6.07) is 24.9. The molecule has 7 rings (SSSR count). The maximum atomic E-state index is 13.1. The minimum absolute atomic E-state index is 0.313. The van der Waals surface area contributed by atoms with Crippen LogP contribution in [0.25, 0.3) is 34.2 Å². The molecule has 3 amide bonds. The highest BCUT2D eigenvalue weighted by Gasteiger charge is 2.19. The second-order valence-electron chi connectivity index (χ2n) is 9.73. The molecule has 0 aliphatic carbocycles. The Bertz CT molecular complexity index is 1970. The number of carbonyl (C=O) groups excluding carboxylic acids is 3. The molecule has 4 heterocycles. The zero-order chi connectivity index (χ0) is 32.9. The maximum Gasteiger partial charge on any atom is 0.350 e. The zero-order valence-corrected chi connectivity index (χ0v) is 24.5. The summed E-state index contributed by atoms with van der Waals surface area (Å²) >= 11 is 0. The lowest BCUT2D eigenvalue weighted by molar-refractivity contribution is 0.250. The third-order valence-electron chi connectivity index (χ3n) is 6.49. The first-order valence-electron chi connectivity index (χ1n) is 14.1. The molecular weight excluding hydrogens is 618 g/mol. The van der Waals surface area contributed by atoms with E-state index in [0.29, 0.717) is 34.2 Å². The summed E-state index contributed by atoms with van der Waals surface area (Å²) in [6.07, 6.45) is 3.65. The molecule has 0 aliphatic heterocycles. The molecule has 0 aliphatic rings. The van der Waals surface area contributed by atoms with Crippen LogP contribution in [0.1, 0.15) is 0 Å². The second-order valence-corrected chi connectivity index (χ2v) is 9.73. The van der Waals surface area contributed by atoms with Crippen LogP contribution in [0.2, 0.25) is 0 Å². The average Bonchev–Trinajstić information content (AvgIpc) is 3.91. The SMILES string of the molecule is O=C(Nc1nc(NC(=O)n2cnc(-c3ccccc3)n2)nc(NC(=O)n2cnc(-c3ccccc3)n2)n1)n1cnc(-c2ccccc2)n1. The fourth-order valence-electron chi connectivity index (χ4n) is 4.24. The Morgan fingerprint density at radius 3 is 0.958 bits per heavy atom. The van der Waals surface area contributed by atoms with Crippen LogP contribution in [0.3, 0.4) is 0 Å². The van der Waals surface area contributed by atoms with E-state index in [-0.39, 0.29) is 17.8 Å². The molecule has 0 unspecified atom stereocenters. The lowest BCUT2D eigenvalue weighted by Gasteiger charge is -2.09. The van der Waals surface area contributed by atoms with E-state index < -0.39 is 18.1 Å². The topological polar surface area (TPSA) is 218 Å². The molecule has 18 nitrogen and oxygen atoms in total. The van der Waals surface area contributed by atoms with Crippen LogP contribution >= 0.6 is 0 Å². The highest BCUT2D eigenvalue weighted by Crippen LogP contribution is 2.17. The van der Waals surface area contributed by atoms with Crippen molar-refractivity contribution in [3.8, 4) is 34.2 Å². The number of aromatic nitrogens is 12. The highest BCUT2D eigenvalue weighted by molar-refractivity contribution is 5.92. The second kappa shape index (κ2) is 12.9. The van der Waals surface area contributed by atoms with E-state index in [1.807, 2.05) is 54.6 Å². The normalized spacial score (nSPS) is 10.8. The number of hydrogen-bond donors (Lipinski definition) is 3. The molecule has 7 aromatic rings. The number of nitrogens with zero attached hydrogens (tertiary/aromatic N) is 12. The molecule has 0 saturated carbocycles. The van der Waals surface area contributed by atoms with E-state index >= 15 is 0 Å². The molecule has 0 bridgehead atoms. The van der Waals surface area contributed by atoms with Crippen molar-refractivity contribution in [2.24, 2.45) is 0 Å². The summed E-state index contributed by atoms with van der Waals surface area (Å²) in [4.78, 5) is 64.1. The zero-order valence-electron chi connectivity index (χ0n) is 24.5. The summed E-state index contributed by atoms with van der Waals surface area (Å²) in [5, 5.41) is 20.0. The third-order valence-corrected chi connectivity index (χ3v) is 6.49. The van der Waals surface area contributed by atoms with Crippen LogP contribution in [0.5, 0.6) is 0 Å². The molecule has 4 aromatic heterocycles. The summed E-state index contributed by atoms with van der Waals surface area (Å²) in [5.74, 6) is -0.0494. The monoisotopic (exact) mass is 639 g/mol. The number of nitrogens with one attached hydrogen (secondary N) is 3. The predicted octanol–water partition coefficient (Wildman–Crippen LogP) is 3.89. The van der Waals surface area contributed by atoms with Crippen molar-refractivity contribution in [3.05, 3.63) is 110 Å². The van der Waals surface area contributed by atoms with Gasteiger partial charge in [-0.3, -0.25) is 16.0 Å². The predicted molar refractivity (Wildman–Crippen MR) is 169 cm³/mol. The van der Waals surface area contributed by atoms with Crippen LogP contribution in [0.15, 0.2) is 110 Å². The molecule has 0 fully saturated rings. The van der Waals surface area contributed by atoms with Crippen LogP contribution in [0, 0.1) is 0 Å². The standard InChI is InChI=1S/C30H21N15O3/c46-28(43-16-31-22(40-43)19-10-4-1-5-11-19)37-25-34-26(38-29(47)44-17-32-23(41-44)20-12-6-2-7-13-20)36-27(35-25)39-30(48)45-18-33-24(42-45)21-14-8-3-9-15-21/h1-18H,(H3,34,35,36,37,38,39,46,47,48). The molecule has 0 radical (unpaired) electrons. The van der Waals surface area contributed by atoms with E-state index in [2.05, 4.69) is 61.2 Å². The fourth-order valence-corrected chi connectivity index (χ4v) is 4.24. The Morgan fingerprint density at radius 1 is 0.417 bits per heavy atom. The lowest BCUT2D eigenvalue weighted by atomic mass is 10.2. The molecule has 18 heteroatoms. The maximum absolute atomic E-state index is 13.1. The van der Waals surface area contributed by atoms with Crippen LogP contribution < -0.4 is 16.0 Å². The van der Waals surface area contributed by atoms with Crippen molar-refractivity contribution >= 4 is 35.9 Å². The van der Waals surface area contributed by atoms with Crippen LogP contribution in [-0.4, -0.2) is 77.3 Å². The van der Waals surface area contributed by atoms with Crippen molar-refractivity contribution in [2.75, 3.05) is 16.0 Å². The van der Waals surface area contributed by atoms with E-state index in [0.717, 1.165) is 14.0 Å². The Hall–Kier alpha value is -7.50. The van der Waals surface area contributed by atoms with Gasteiger partial charge in [0.25, 0.3) is 0 Å². The van der Waals surface area contributed by atoms with Crippen molar-refractivity contribution in [1.29, 1.82) is 0 Å². The Balaban J connectivity index is 1.14. The van der Waals surface area contributed by atoms with Gasteiger partial charge >= 0.3 is 18.1 Å². The third kappa shape index (κ3) is 6.47. The first kappa shape index (κ1) is 29.2. The lowest BCUT2D eigenvalue weighted by Crippen LogP contribution is -2.26. The van der Waals surface area contributed by atoms with Crippen molar-refractivity contribution in [3.63, 3.8) is 0 Å². The Kier molecular flexibility index (Phi) is 7.82. The van der Waals surface area contributed by atoms with Gasteiger partial charge in [0.05, 0.1) is 0 Å². The largest absolute Gasteiger partial charge is 0.350 e. The van der Waals surface area contributed by atoms with Gasteiger partial charge < -0.3 is 0 Å². The van der Waals surface area contributed by atoms with Gasteiger partial charge in [0.2, 0.25) is 17.8 Å². The van der Waals surface area contributed by atoms with Crippen LogP contribution in [0.4, 0.5) is 32.2 Å². The van der Waals surface area contributed by atoms with Gasteiger partial charge in [-0.15, -0.1) is 15.3 Å². The van der Waals surface area contributed by atoms with Crippen molar-refractivity contribution in [1.82, 2.24) is 59.2 Å². The van der Waals surface area contributed by atoms with Gasteiger partial charge in [0.1, 0.15) is 19.0 Å². The summed E-state index contributed by atoms with van der Waals surface area (Å²) in [7, 11) is 0. The number of carbonyl (C=O) groups is 3. The molecule has 48 heavy (non-hydrogen) atoms. The minimum Gasteiger partial charge on any atom is -0.274 e. The summed E-state index contributed by atoms with van der Waals surface area (Å²) < 4.78 is 2.84. The molecule has 234 valence electrons. The fraction of sp³-hybridized carbons (Fsp3) is 0. The Morgan fingerprint density at radius 2 is 0.688 bits per heavy atom. The van der Waals surface area contributed by atoms with E-state index in [4.69, 9.17) is 0 Å². The van der Waals surface area contributed by atoms with Gasteiger partial charge in [0, 0.05) is 16.7 Å². The molecule has 3 aromatic carbocycles. The molecule has 3 N–H and O–H groups in total. The van der Waals surface area contributed by atoms with Gasteiger partial charge in [-0.2, -0.15) is 29.0 Å². The molecule has 0 atom stereocenters. The quantitative estimate of drug-likeness (QED) is 0.236. The van der Waals surface area contributed by atoms with Crippen molar-refractivity contribution < 1.29 is 14.4 Å². The highest BCUT2D eigenvalue weighted by atomic mass is 16.2. The van der Waals surface area contributed by atoms with Crippen molar-refractivity contribution in [2.45, 2.75) is 0 Å². The minimum atomic E-state index is -0.780. The van der Waals surface area contributed by atoms with Gasteiger partial charge in [0.15, 0.2) is 17.5 Å². The number of benzene rings is 3. The van der Waals surface area contributed by atoms with E-state index in [1.165, 1.54) is 19.0 Å². The van der Waals surface area contributed by atoms with E-state index in [1.54, 1.807) is 36.4 Å². The summed E-state index contributed by atoms with van der Waals surface area (Å²) in [5.41, 5.74) is 2.10. The number of hydrogen-bond acceptors (Lipinski definition) is 12. The molecule has 0 spiro atoms. The van der Waals surface area contributed by atoms with Gasteiger partial charge in [-0.25, -0.2) is 29.3 Å². The molecule has 0 saturated heterocycles. The Labute approximate surface area is 269 Å². The first-order chi connectivity index (χ1) is 23.5. The number of rotatable bonds is 6. The number of anilines is 3. The first-order valence-corrected chi connectivity index (χ1v) is 14.1. The summed E-state index contributed by atoms with van der Waals surface area (Å²) in [6.45, 7) is 0. The number of amides is 3. The van der Waals surface area contributed by atoms with Gasteiger partial charge in [-0.1, -0.05) is 91.0 Å².